The molecule has 0 spiro atoms. The Morgan fingerprint density at radius 2 is 2.56 bits per heavy atom. The second-order valence-electron chi connectivity index (χ2n) is 4.15. The van der Waals surface area contributed by atoms with Gasteiger partial charge in [-0.25, -0.2) is 4.98 Å². The second-order valence-corrected chi connectivity index (χ2v) is 4.15. The molecule has 5 heteroatoms. The third kappa shape index (κ3) is 2.41. The molecule has 88 valence electrons. The number of ether oxygens (including phenoxy) is 1. The Morgan fingerprint density at radius 1 is 1.69 bits per heavy atom. The van der Waals surface area contributed by atoms with Gasteiger partial charge in [-0.05, 0) is 18.8 Å². The number of anilines is 1. The van der Waals surface area contributed by atoms with E-state index < -0.39 is 0 Å². The molecule has 1 saturated heterocycles. The first-order chi connectivity index (χ1) is 7.81. The molecule has 1 aromatic heterocycles. The molecule has 0 amide bonds. The Morgan fingerprint density at radius 3 is 3.31 bits per heavy atom. The zero-order valence-electron chi connectivity index (χ0n) is 9.48. The molecular formula is C11H17N3O2. The van der Waals surface area contributed by atoms with Crippen LogP contribution >= 0.6 is 0 Å². The molecule has 0 saturated carbocycles. The summed E-state index contributed by atoms with van der Waals surface area (Å²) in [4.78, 5) is 20.4. The van der Waals surface area contributed by atoms with Crippen molar-refractivity contribution in [2.24, 2.45) is 5.92 Å². The van der Waals surface area contributed by atoms with Gasteiger partial charge in [0.1, 0.15) is 0 Å². The van der Waals surface area contributed by atoms with Crippen molar-refractivity contribution in [1.82, 2.24) is 9.97 Å². The molecule has 1 N–H and O–H groups in total. The molecule has 2 rings (SSSR count). The zero-order valence-corrected chi connectivity index (χ0v) is 9.48. The monoisotopic (exact) mass is 223 g/mol. The van der Waals surface area contributed by atoms with Crippen molar-refractivity contribution in [3.05, 3.63) is 22.7 Å². The number of piperidine rings is 1. The van der Waals surface area contributed by atoms with Crippen LogP contribution in [-0.4, -0.2) is 36.8 Å². The third-order valence-electron chi connectivity index (χ3n) is 2.91. The lowest BCUT2D eigenvalue weighted by atomic mass is 9.99. The summed E-state index contributed by atoms with van der Waals surface area (Å²) in [6.07, 6.45) is 5.43. The summed E-state index contributed by atoms with van der Waals surface area (Å²) < 4.78 is 5.16. The largest absolute Gasteiger partial charge is 0.384 e. The molecule has 1 aromatic rings. The van der Waals surface area contributed by atoms with Crippen LogP contribution in [0.25, 0.3) is 0 Å². The summed E-state index contributed by atoms with van der Waals surface area (Å²) >= 11 is 0. The first-order valence-corrected chi connectivity index (χ1v) is 5.59. The lowest BCUT2D eigenvalue weighted by molar-refractivity contribution is 0.143. The minimum Gasteiger partial charge on any atom is -0.384 e. The van der Waals surface area contributed by atoms with E-state index in [1.54, 1.807) is 19.5 Å². The molecule has 1 aliphatic rings. The fourth-order valence-electron chi connectivity index (χ4n) is 2.20. The van der Waals surface area contributed by atoms with Gasteiger partial charge in [-0.15, -0.1) is 0 Å². The normalized spacial score (nSPS) is 21.1. The Balaban J connectivity index is 2.10. The van der Waals surface area contributed by atoms with Gasteiger partial charge in [-0.1, -0.05) is 0 Å². The minimum atomic E-state index is -0.111. The highest BCUT2D eigenvalue weighted by molar-refractivity contribution is 5.35. The van der Waals surface area contributed by atoms with Crippen molar-refractivity contribution in [3.8, 4) is 0 Å². The maximum Gasteiger partial charge on any atom is 0.290 e. The standard InChI is InChI=1S/C11H17N3O2/c1-16-8-9-3-2-6-14(7-9)10-11(15)13-5-4-12-10/h4-5,9H,2-3,6-8H2,1H3,(H,13,15). The molecular weight excluding hydrogens is 206 g/mol. The first-order valence-electron chi connectivity index (χ1n) is 5.59. The van der Waals surface area contributed by atoms with Gasteiger partial charge in [0.25, 0.3) is 5.56 Å². The van der Waals surface area contributed by atoms with Gasteiger partial charge in [0.2, 0.25) is 0 Å². The van der Waals surface area contributed by atoms with E-state index in [4.69, 9.17) is 4.74 Å². The molecule has 0 bridgehead atoms. The quantitative estimate of drug-likeness (QED) is 0.816. The van der Waals surface area contributed by atoms with Crippen molar-refractivity contribution in [2.75, 3.05) is 31.7 Å². The van der Waals surface area contributed by atoms with Crippen molar-refractivity contribution < 1.29 is 4.74 Å². The zero-order chi connectivity index (χ0) is 11.4. The number of rotatable bonds is 3. The molecule has 16 heavy (non-hydrogen) atoms. The van der Waals surface area contributed by atoms with Crippen LogP contribution < -0.4 is 10.5 Å². The summed E-state index contributed by atoms with van der Waals surface area (Å²) in [7, 11) is 1.71. The topological polar surface area (TPSA) is 58.2 Å². The summed E-state index contributed by atoms with van der Waals surface area (Å²) in [6, 6.07) is 0. The average molecular weight is 223 g/mol. The summed E-state index contributed by atoms with van der Waals surface area (Å²) in [5, 5.41) is 0. The third-order valence-corrected chi connectivity index (χ3v) is 2.91. The van der Waals surface area contributed by atoms with Crippen molar-refractivity contribution in [1.29, 1.82) is 0 Å². The van der Waals surface area contributed by atoms with Gasteiger partial charge >= 0.3 is 0 Å². The van der Waals surface area contributed by atoms with Gasteiger partial charge in [0.05, 0.1) is 6.61 Å². The first kappa shape index (κ1) is 11.1. The number of aromatic nitrogens is 2. The number of H-pyrrole nitrogens is 1. The predicted octanol–water partition coefficient (Wildman–Crippen LogP) is 0.633. The SMILES string of the molecule is COCC1CCCN(c2ncc[nH]c2=O)C1. The highest BCUT2D eigenvalue weighted by atomic mass is 16.5. The number of nitrogens with zero attached hydrogens (tertiary/aromatic N) is 2. The second kappa shape index (κ2) is 5.12. The van der Waals surface area contributed by atoms with Gasteiger partial charge in [-0.2, -0.15) is 0 Å². The lowest BCUT2D eigenvalue weighted by Gasteiger charge is -2.32. The lowest BCUT2D eigenvalue weighted by Crippen LogP contribution is -2.40. The molecule has 1 fully saturated rings. The van der Waals surface area contributed by atoms with Gasteiger partial charge in [0.15, 0.2) is 5.82 Å². The number of hydrogen-bond donors (Lipinski definition) is 1. The van der Waals surface area contributed by atoms with Gasteiger partial charge in [0, 0.05) is 32.6 Å². The highest BCUT2D eigenvalue weighted by Gasteiger charge is 2.22. The van der Waals surface area contributed by atoms with Gasteiger partial charge < -0.3 is 14.6 Å². The van der Waals surface area contributed by atoms with Crippen LogP contribution in [0, 0.1) is 5.92 Å². The highest BCUT2D eigenvalue weighted by Crippen LogP contribution is 2.19. The van der Waals surface area contributed by atoms with E-state index >= 15 is 0 Å². The molecule has 0 aliphatic carbocycles. The van der Waals surface area contributed by atoms with Crippen LogP contribution in [0.5, 0.6) is 0 Å². The van der Waals surface area contributed by atoms with E-state index in [0.29, 0.717) is 11.7 Å². The summed E-state index contributed by atoms with van der Waals surface area (Å²) in [5.74, 6) is 1.03. The maximum absolute atomic E-state index is 11.6. The molecule has 1 atom stereocenters. The summed E-state index contributed by atoms with van der Waals surface area (Å²) in [6.45, 7) is 2.51. The van der Waals surface area contributed by atoms with E-state index in [9.17, 15) is 4.79 Å². The van der Waals surface area contributed by atoms with E-state index in [1.165, 1.54) is 0 Å². The fourth-order valence-corrected chi connectivity index (χ4v) is 2.20. The predicted molar refractivity (Wildman–Crippen MR) is 61.7 cm³/mol. The number of aromatic amines is 1. The van der Waals surface area contributed by atoms with Crippen LogP contribution in [0.1, 0.15) is 12.8 Å². The molecule has 1 unspecified atom stereocenters. The average Bonchev–Trinajstić information content (AvgIpc) is 2.30. The Labute approximate surface area is 94.5 Å². The van der Waals surface area contributed by atoms with Gasteiger partial charge in [-0.3, -0.25) is 4.79 Å². The molecule has 0 radical (unpaired) electrons. The van der Waals surface area contributed by atoms with E-state index in [1.807, 2.05) is 4.90 Å². The number of hydrogen-bond acceptors (Lipinski definition) is 4. The summed E-state index contributed by atoms with van der Waals surface area (Å²) in [5.41, 5.74) is -0.111. The number of nitrogens with one attached hydrogen (secondary N) is 1. The van der Waals surface area contributed by atoms with E-state index in [0.717, 1.165) is 32.5 Å². The van der Waals surface area contributed by atoms with Crippen molar-refractivity contribution >= 4 is 5.82 Å². The Bertz CT molecular complexity index is 389. The van der Waals surface area contributed by atoms with Crippen LogP contribution in [0.3, 0.4) is 0 Å². The van der Waals surface area contributed by atoms with Crippen molar-refractivity contribution in [3.63, 3.8) is 0 Å². The molecule has 0 aromatic carbocycles. The fraction of sp³-hybridized carbons (Fsp3) is 0.636. The van der Waals surface area contributed by atoms with E-state index in [-0.39, 0.29) is 5.56 Å². The Kier molecular flexibility index (Phi) is 3.56. The van der Waals surface area contributed by atoms with E-state index in [2.05, 4.69) is 9.97 Å². The minimum absolute atomic E-state index is 0.111. The van der Waals surface area contributed by atoms with Crippen LogP contribution in [0.4, 0.5) is 5.82 Å². The molecule has 1 aliphatic heterocycles. The molecule has 2 heterocycles. The van der Waals surface area contributed by atoms with Crippen LogP contribution in [-0.2, 0) is 4.74 Å². The Hall–Kier alpha value is -1.36. The smallest absolute Gasteiger partial charge is 0.290 e. The molecule has 5 nitrogen and oxygen atoms in total. The number of methoxy groups -OCH3 is 1. The van der Waals surface area contributed by atoms with Crippen LogP contribution in [0.2, 0.25) is 0 Å². The van der Waals surface area contributed by atoms with Crippen molar-refractivity contribution in [2.45, 2.75) is 12.8 Å². The van der Waals surface area contributed by atoms with Crippen LogP contribution in [0.15, 0.2) is 17.2 Å². The maximum atomic E-state index is 11.6.